The first-order valence-corrected chi connectivity index (χ1v) is 9.06. The Bertz CT molecular complexity index is 632. The Labute approximate surface area is 136 Å². The number of benzene rings is 1. The van der Waals surface area contributed by atoms with Gasteiger partial charge in [-0.3, -0.25) is 4.79 Å². The van der Waals surface area contributed by atoms with Crippen LogP contribution < -0.4 is 14.8 Å². The minimum absolute atomic E-state index is 0.0667. The lowest BCUT2D eigenvalue weighted by Crippen LogP contribution is -2.36. The van der Waals surface area contributed by atoms with Crippen LogP contribution in [0.15, 0.2) is 18.2 Å². The fourth-order valence-electron chi connectivity index (χ4n) is 2.43. The van der Waals surface area contributed by atoms with Gasteiger partial charge in [0.25, 0.3) is 5.91 Å². The smallest absolute Gasteiger partial charge is 0.251 e. The number of amides is 1. The third-order valence-corrected chi connectivity index (χ3v) is 5.59. The van der Waals surface area contributed by atoms with E-state index in [4.69, 9.17) is 9.47 Å². The first-order chi connectivity index (χ1) is 11.0. The maximum atomic E-state index is 12.2. The van der Waals surface area contributed by atoms with E-state index in [-0.39, 0.29) is 18.2 Å². The lowest BCUT2D eigenvalue weighted by molar-refractivity contribution is 0.0955. The van der Waals surface area contributed by atoms with E-state index >= 15 is 0 Å². The second kappa shape index (κ2) is 7.65. The van der Waals surface area contributed by atoms with E-state index in [9.17, 15) is 13.2 Å². The number of nitrogens with zero attached hydrogens (tertiary/aromatic N) is 1. The van der Waals surface area contributed by atoms with Gasteiger partial charge in [0.2, 0.25) is 10.0 Å². The largest absolute Gasteiger partial charge is 0.497 e. The van der Waals surface area contributed by atoms with Crippen LogP contribution in [0.2, 0.25) is 0 Å². The summed E-state index contributed by atoms with van der Waals surface area (Å²) >= 11 is 0. The van der Waals surface area contributed by atoms with Crippen LogP contribution in [0.4, 0.5) is 0 Å². The van der Waals surface area contributed by atoms with Crippen molar-refractivity contribution in [3.8, 4) is 11.5 Å². The molecule has 1 aromatic carbocycles. The molecule has 1 fully saturated rings. The average Bonchev–Trinajstić information content (AvgIpc) is 3.09. The Kier molecular flexibility index (Phi) is 5.84. The van der Waals surface area contributed by atoms with E-state index in [1.54, 1.807) is 18.2 Å². The monoisotopic (exact) mass is 342 g/mol. The Balaban J connectivity index is 1.94. The maximum Gasteiger partial charge on any atom is 0.251 e. The number of sulfonamides is 1. The number of rotatable bonds is 7. The maximum absolute atomic E-state index is 12.2. The molecule has 0 aromatic heterocycles. The van der Waals surface area contributed by atoms with E-state index in [0.29, 0.717) is 30.2 Å². The van der Waals surface area contributed by atoms with Crippen molar-refractivity contribution in [2.24, 2.45) is 0 Å². The topological polar surface area (TPSA) is 84.9 Å². The highest BCUT2D eigenvalue weighted by molar-refractivity contribution is 7.89. The first kappa shape index (κ1) is 17.6. The van der Waals surface area contributed by atoms with Crippen molar-refractivity contribution < 1.29 is 22.7 Å². The molecule has 1 heterocycles. The molecule has 0 spiro atoms. The Morgan fingerprint density at radius 1 is 1.13 bits per heavy atom. The molecular formula is C15H22N2O5S. The molecule has 2 rings (SSSR count). The molecule has 7 nitrogen and oxygen atoms in total. The summed E-state index contributed by atoms with van der Waals surface area (Å²) in [4.78, 5) is 12.2. The van der Waals surface area contributed by atoms with Crippen molar-refractivity contribution in [3.05, 3.63) is 23.8 Å². The standard InChI is InChI=1S/C15H22N2O5S/c1-21-13-9-12(10-14(11-13)22-2)15(18)16-5-8-23(19,20)17-6-3-4-7-17/h9-11H,3-8H2,1-2H3,(H,16,18). The molecule has 0 aliphatic carbocycles. The van der Waals surface area contributed by atoms with Gasteiger partial charge in [0, 0.05) is 31.3 Å². The number of hydrogen-bond acceptors (Lipinski definition) is 5. The van der Waals surface area contributed by atoms with Crippen LogP contribution in [0.5, 0.6) is 11.5 Å². The van der Waals surface area contributed by atoms with Crippen LogP contribution >= 0.6 is 0 Å². The van der Waals surface area contributed by atoms with Crippen LogP contribution in [0.1, 0.15) is 23.2 Å². The van der Waals surface area contributed by atoms with Gasteiger partial charge in [-0.05, 0) is 25.0 Å². The van der Waals surface area contributed by atoms with Crippen molar-refractivity contribution in [3.63, 3.8) is 0 Å². The number of ether oxygens (including phenoxy) is 2. The zero-order chi connectivity index (χ0) is 16.9. The third-order valence-electron chi connectivity index (χ3n) is 3.72. The lowest BCUT2D eigenvalue weighted by Gasteiger charge is -2.15. The molecule has 1 aliphatic rings. The molecule has 128 valence electrons. The molecule has 1 aliphatic heterocycles. The highest BCUT2D eigenvalue weighted by Crippen LogP contribution is 2.22. The second-order valence-corrected chi connectivity index (χ2v) is 7.37. The predicted octanol–water partition coefficient (Wildman–Crippen LogP) is 0.859. The fourth-order valence-corrected chi connectivity index (χ4v) is 3.86. The molecule has 23 heavy (non-hydrogen) atoms. The molecule has 0 unspecified atom stereocenters. The number of carbonyl (C=O) groups is 1. The molecule has 0 saturated carbocycles. The zero-order valence-corrected chi connectivity index (χ0v) is 14.2. The molecule has 1 aromatic rings. The van der Waals surface area contributed by atoms with E-state index < -0.39 is 10.0 Å². The Hall–Kier alpha value is -1.80. The SMILES string of the molecule is COc1cc(OC)cc(C(=O)NCCS(=O)(=O)N2CCCC2)c1. The van der Waals surface area contributed by atoms with Gasteiger partial charge in [-0.1, -0.05) is 0 Å². The molecular weight excluding hydrogens is 320 g/mol. The minimum Gasteiger partial charge on any atom is -0.497 e. The summed E-state index contributed by atoms with van der Waals surface area (Å²) in [5.74, 6) is 0.539. The number of nitrogens with one attached hydrogen (secondary N) is 1. The molecule has 8 heteroatoms. The second-order valence-electron chi connectivity index (χ2n) is 5.28. The molecule has 1 saturated heterocycles. The summed E-state index contributed by atoms with van der Waals surface area (Å²) in [6, 6.07) is 4.81. The summed E-state index contributed by atoms with van der Waals surface area (Å²) in [6.07, 6.45) is 1.80. The predicted molar refractivity (Wildman–Crippen MR) is 86.5 cm³/mol. The first-order valence-electron chi connectivity index (χ1n) is 7.45. The van der Waals surface area contributed by atoms with Crippen molar-refractivity contribution in [1.82, 2.24) is 9.62 Å². The Morgan fingerprint density at radius 3 is 2.22 bits per heavy atom. The van der Waals surface area contributed by atoms with Gasteiger partial charge in [-0.15, -0.1) is 0 Å². The van der Waals surface area contributed by atoms with Crippen LogP contribution in [0.25, 0.3) is 0 Å². The van der Waals surface area contributed by atoms with E-state index in [1.807, 2.05) is 0 Å². The quantitative estimate of drug-likeness (QED) is 0.794. The summed E-state index contributed by atoms with van der Waals surface area (Å²) in [5, 5.41) is 2.63. The number of hydrogen-bond donors (Lipinski definition) is 1. The van der Waals surface area contributed by atoms with E-state index in [1.165, 1.54) is 18.5 Å². The van der Waals surface area contributed by atoms with E-state index in [2.05, 4.69) is 5.32 Å². The van der Waals surface area contributed by atoms with Gasteiger partial charge in [-0.2, -0.15) is 0 Å². The molecule has 0 atom stereocenters. The van der Waals surface area contributed by atoms with Gasteiger partial charge < -0.3 is 14.8 Å². The molecule has 1 amide bonds. The van der Waals surface area contributed by atoms with Gasteiger partial charge in [0.1, 0.15) is 11.5 Å². The fraction of sp³-hybridized carbons (Fsp3) is 0.533. The molecule has 0 radical (unpaired) electrons. The van der Waals surface area contributed by atoms with Gasteiger partial charge in [-0.25, -0.2) is 12.7 Å². The average molecular weight is 342 g/mol. The zero-order valence-electron chi connectivity index (χ0n) is 13.4. The Morgan fingerprint density at radius 2 is 1.70 bits per heavy atom. The van der Waals surface area contributed by atoms with Crippen molar-refractivity contribution in [2.45, 2.75) is 12.8 Å². The summed E-state index contributed by atoms with van der Waals surface area (Å²) < 4.78 is 35.9. The van der Waals surface area contributed by atoms with Gasteiger partial charge >= 0.3 is 0 Å². The summed E-state index contributed by atoms with van der Waals surface area (Å²) in [6.45, 7) is 1.21. The van der Waals surface area contributed by atoms with Crippen LogP contribution in [-0.4, -0.2) is 58.2 Å². The van der Waals surface area contributed by atoms with Gasteiger partial charge in [0.05, 0.1) is 20.0 Å². The van der Waals surface area contributed by atoms with Gasteiger partial charge in [0.15, 0.2) is 0 Å². The van der Waals surface area contributed by atoms with Crippen LogP contribution in [0, 0.1) is 0 Å². The molecule has 0 bridgehead atoms. The minimum atomic E-state index is -3.29. The number of methoxy groups -OCH3 is 2. The third kappa shape index (κ3) is 4.59. The van der Waals surface area contributed by atoms with Crippen molar-refractivity contribution in [2.75, 3.05) is 39.6 Å². The number of carbonyl (C=O) groups excluding carboxylic acids is 1. The highest BCUT2D eigenvalue weighted by Gasteiger charge is 2.24. The lowest BCUT2D eigenvalue weighted by atomic mass is 10.2. The molecule has 1 N–H and O–H groups in total. The highest BCUT2D eigenvalue weighted by atomic mass is 32.2. The van der Waals surface area contributed by atoms with Crippen LogP contribution in [0.3, 0.4) is 0 Å². The summed E-state index contributed by atoms with van der Waals surface area (Å²) in [5.41, 5.74) is 0.361. The normalized spacial score (nSPS) is 15.4. The van der Waals surface area contributed by atoms with Crippen molar-refractivity contribution in [1.29, 1.82) is 0 Å². The van der Waals surface area contributed by atoms with E-state index in [0.717, 1.165) is 12.8 Å². The van der Waals surface area contributed by atoms with Crippen LogP contribution in [-0.2, 0) is 10.0 Å². The summed E-state index contributed by atoms with van der Waals surface area (Å²) in [7, 11) is -0.296. The van der Waals surface area contributed by atoms with Crippen molar-refractivity contribution >= 4 is 15.9 Å².